The van der Waals surface area contributed by atoms with Gasteiger partial charge in [0.2, 0.25) is 0 Å². The van der Waals surface area contributed by atoms with Crippen molar-refractivity contribution in [1.82, 2.24) is 9.13 Å². The Kier molecular flexibility index (Phi) is 4.92. The van der Waals surface area contributed by atoms with E-state index in [-0.39, 0.29) is 12.1 Å². The molecule has 4 aromatic rings. The molecule has 0 amide bonds. The van der Waals surface area contributed by atoms with Gasteiger partial charge in [0, 0.05) is 4.88 Å². The van der Waals surface area contributed by atoms with Crippen molar-refractivity contribution in [1.29, 1.82) is 5.26 Å². The number of rotatable bonds is 3. The first kappa shape index (κ1) is 19.9. The molecule has 0 unspecified atom stereocenters. The molecular weight excluding hydrogens is 394 g/mol. The number of aromatic nitrogens is 2. The minimum absolute atomic E-state index is 0.226. The van der Waals surface area contributed by atoms with Crippen LogP contribution in [0.25, 0.3) is 15.9 Å². The first-order chi connectivity index (χ1) is 14.3. The van der Waals surface area contributed by atoms with E-state index in [1.54, 1.807) is 22.8 Å². The summed E-state index contributed by atoms with van der Waals surface area (Å²) in [6, 6.07) is 15.0. The molecule has 5 nitrogen and oxygen atoms in total. The minimum atomic E-state index is -0.398. The van der Waals surface area contributed by atoms with E-state index in [1.165, 1.54) is 15.9 Å². The molecule has 2 aromatic heterocycles. The van der Waals surface area contributed by atoms with Crippen LogP contribution in [0.3, 0.4) is 0 Å². The molecule has 0 aliphatic heterocycles. The Morgan fingerprint density at radius 3 is 2.43 bits per heavy atom. The molecule has 30 heavy (non-hydrogen) atoms. The average Bonchev–Trinajstić information content (AvgIpc) is 3.03. The third kappa shape index (κ3) is 3.08. The van der Waals surface area contributed by atoms with E-state index in [1.807, 2.05) is 52.0 Å². The number of thiophene rings is 1. The second kappa shape index (κ2) is 7.43. The standard InChI is InChI=1S/C24H21N3O2S/c1-14-9-10-20(11-15(14)2)27-22(28)21-16(3)17(4)30-23(21)26(24(27)29)13-19-8-6-5-7-18(19)12-25/h5-11H,13H2,1-4H3. The molecule has 0 aliphatic rings. The SMILES string of the molecule is Cc1ccc(-n2c(=O)c3c(C)c(C)sc3n(Cc3ccccc3C#N)c2=O)cc1C. The summed E-state index contributed by atoms with van der Waals surface area (Å²) < 4.78 is 2.87. The van der Waals surface area contributed by atoms with Crippen molar-refractivity contribution in [2.24, 2.45) is 0 Å². The highest BCUT2D eigenvalue weighted by molar-refractivity contribution is 7.18. The maximum atomic E-state index is 13.6. The zero-order chi connectivity index (χ0) is 21.6. The van der Waals surface area contributed by atoms with E-state index in [2.05, 4.69) is 6.07 Å². The molecule has 0 N–H and O–H groups in total. The van der Waals surface area contributed by atoms with Gasteiger partial charge in [-0.15, -0.1) is 11.3 Å². The van der Waals surface area contributed by atoms with Crippen molar-refractivity contribution in [3.63, 3.8) is 0 Å². The fraction of sp³-hybridized carbons (Fsp3) is 0.208. The van der Waals surface area contributed by atoms with Gasteiger partial charge in [0.25, 0.3) is 5.56 Å². The van der Waals surface area contributed by atoms with Crippen LogP contribution in [0.4, 0.5) is 0 Å². The van der Waals surface area contributed by atoms with Gasteiger partial charge >= 0.3 is 5.69 Å². The fourth-order valence-corrected chi connectivity index (χ4v) is 4.77. The lowest BCUT2D eigenvalue weighted by Gasteiger charge is -2.14. The summed E-state index contributed by atoms with van der Waals surface area (Å²) in [6.07, 6.45) is 0. The summed E-state index contributed by atoms with van der Waals surface area (Å²) in [6.45, 7) is 8.05. The van der Waals surface area contributed by atoms with Crippen molar-refractivity contribution < 1.29 is 0 Å². The van der Waals surface area contributed by atoms with Crippen LogP contribution < -0.4 is 11.2 Å². The Balaban J connectivity index is 2.08. The van der Waals surface area contributed by atoms with Crippen LogP contribution in [-0.2, 0) is 6.54 Å². The Hall–Kier alpha value is -3.43. The van der Waals surface area contributed by atoms with Gasteiger partial charge in [-0.25, -0.2) is 9.36 Å². The molecule has 0 radical (unpaired) electrons. The summed E-state index contributed by atoms with van der Waals surface area (Å²) in [5.74, 6) is 0. The average molecular weight is 416 g/mol. The van der Waals surface area contributed by atoms with Gasteiger partial charge in [0.15, 0.2) is 0 Å². The smallest absolute Gasteiger partial charge is 0.279 e. The molecule has 2 heterocycles. The van der Waals surface area contributed by atoms with Gasteiger partial charge in [-0.3, -0.25) is 9.36 Å². The second-order valence-corrected chi connectivity index (χ2v) is 8.71. The number of aryl methyl sites for hydroxylation is 4. The van der Waals surface area contributed by atoms with Crippen LogP contribution in [0.5, 0.6) is 0 Å². The number of benzene rings is 2. The zero-order valence-corrected chi connectivity index (χ0v) is 18.1. The maximum absolute atomic E-state index is 13.6. The lowest BCUT2D eigenvalue weighted by atomic mass is 10.1. The van der Waals surface area contributed by atoms with E-state index < -0.39 is 5.69 Å². The number of hydrogen-bond acceptors (Lipinski definition) is 4. The van der Waals surface area contributed by atoms with Crippen LogP contribution in [0, 0.1) is 39.0 Å². The normalized spacial score (nSPS) is 11.0. The Labute approximate surface area is 178 Å². The molecule has 0 spiro atoms. The highest BCUT2D eigenvalue weighted by Gasteiger charge is 2.20. The van der Waals surface area contributed by atoms with E-state index in [4.69, 9.17) is 0 Å². The Morgan fingerprint density at radius 2 is 1.73 bits per heavy atom. The van der Waals surface area contributed by atoms with E-state index >= 15 is 0 Å². The van der Waals surface area contributed by atoms with Crippen LogP contribution in [0.1, 0.15) is 32.7 Å². The minimum Gasteiger partial charge on any atom is -0.279 e. The van der Waals surface area contributed by atoms with E-state index in [0.717, 1.165) is 27.1 Å². The second-order valence-electron chi connectivity index (χ2n) is 7.51. The van der Waals surface area contributed by atoms with Gasteiger partial charge < -0.3 is 0 Å². The predicted molar refractivity (Wildman–Crippen MR) is 121 cm³/mol. The van der Waals surface area contributed by atoms with Crippen molar-refractivity contribution in [3.05, 3.63) is 96.0 Å². The first-order valence-electron chi connectivity index (χ1n) is 9.64. The first-order valence-corrected chi connectivity index (χ1v) is 10.5. The fourth-order valence-electron chi connectivity index (χ4n) is 3.63. The summed E-state index contributed by atoms with van der Waals surface area (Å²) in [7, 11) is 0. The highest BCUT2D eigenvalue weighted by Crippen LogP contribution is 2.28. The molecule has 0 saturated carbocycles. The van der Waals surface area contributed by atoms with Gasteiger partial charge in [-0.05, 0) is 68.1 Å². The monoisotopic (exact) mass is 415 g/mol. The molecule has 150 valence electrons. The largest absolute Gasteiger partial charge is 0.337 e. The summed E-state index contributed by atoms with van der Waals surface area (Å²) in [5, 5.41) is 10.0. The molecule has 4 rings (SSSR count). The Bertz CT molecular complexity index is 1470. The molecule has 0 fully saturated rings. The molecule has 6 heteroatoms. The third-order valence-corrected chi connectivity index (χ3v) is 6.90. The number of nitrogens with zero attached hydrogens (tertiary/aromatic N) is 3. The summed E-state index contributed by atoms with van der Waals surface area (Å²) in [4.78, 5) is 28.6. The Morgan fingerprint density at radius 1 is 1.00 bits per heavy atom. The van der Waals surface area contributed by atoms with E-state index in [9.17, 15) is 14.9 Å². The highest BCUT2D eigenvalue weighted by atomic mass is 32.1. The van der Waals surface area contributed by atoms with Gasteiger partial charge in [-0.2, -0.15) is 5.26 Å². The number of fused-ring (bicyclic) bond motifs is 1. The van der Waals surface area contributed by atoms with E-state index in [0.29, 0.717) is 21.5 Å². The van der Waals surface area contributed by atoms with Crippen molar-refractivity contribution in [3.8, 4) is 11.8 Å². The van der Waals surface area contributed by atoms with Crippen LogP contribution >= 0.6 is 11.3 Å². The van der Waals surface area contributed by atoms with Gasteiger partial charge in [0.05, 0.1) is 29.3 Å². The molecule has 0 bridgehead atoms. The third-order valence-electron chi connectivity index (χ3n) is 5.67. The van der Waals surface area contributed by atoms with Gasteiger partial charge in [-0.1, -0.05) is 24.3 Å². The van der Waals surface area contributed by atoms with Crippen LogP contribution in [0.2, 0.25) is 0 Å². The topological polar surface area (TPSA) is 67.8 Å². The lowest BCUT2D eigenvalue weighted by molar-refractivity contribution is 0.718. The van der Waals surface area contributed by atoms with Crippen LogP contribution in [0.15, 0.2) is 52.1 Å². The summed E-state index contributed by atoms with van der Waals surface area (Å²) in [5.41, 5.74) is 4.12. The maximum Gasteiger partial charge on any atom is 0.337 e. The van der Waals surface area contributed by atoms with Crippen molar-refractivity contribution in [2.45, 2.75) is 34.2 Å². The molecule has 0 atom stereocenters. The quantitative estimate of drug-likeness (QED) is 0.499. The number of nitriles is 1. The lowest BCUT2D eigenvalue weighted by Crippen LogP contribution is -2.39. The van der Waals surface area contributed by atoms with Crippen molar-refractivity contribution >= 4 is 21.6 Å². The molecule has 0 saturated heterocycles. The van der Waals surface area contributed by atoms with Crippen molar-refractivity contribution in [2.75, 3.05) is 0 Å². The predicted octanol–water partition coefficient (Wildman–Crippen LogP) is 4.37. The van der Waals surface area contributed by atoms with Crippen LogP contribution in [-0.4, -0.2) is 9.13 Å². The zero-order valence-electron chi connectivity index (χ0n) is 17.3. The molecule has 2 aromatic carbocycles. The summed E-state index contributed by atoms with van der Waals surface area (Å²) >= 11 is 1.44. The molecular formula is C24H21N3O2S. The number of hydrogen-bond donors (Lipinski definition) is 0. The van der Waals surface area contributed by atoms with Gasteiger partial charge in [0.1, 0.15) is 4.83 Å². The molecule has 0 aliphatic carbocycles.